The average Bonchev–Trinajstić information content (AvgIpc) is 2.73. The lowest BCUT2D eigenvalue weighted by Gasteiger charge is -2.37. The van der Waals surface area contributed by atoms with Gasteiger partial charge < -0.3 is 9.64 Å². The van der Waals surface area contributed by atoms with E-state index in [-0.39, 0.29) is 12.6 Å². The highest BCUT2D eigenvalue weighted by Gasteiger charge is 2.39. The van der Waals surface area contributed by atoms with Gasteiger partial charge in [-0.05, 0) is 48.6 Å². The number of hydrogen-bond acceptors (Lipinski definition) is 2. The fourth-order valence-electron chi connectivity index (χ4n) is 3.82. The lowest BCUT2D eigenvalue weighted by molar-refractivity contribution is -0.143. The molecule has 1 atom stereocenters. The average molecular weight is 457 g/mol. The number of ether oxygens (including phenoxy) is 1. The van der Waals surface area contributed by atoms with Crippen molar-refractivity contribution in [3.8, 4) is 0 Å². The molecule has 1 unspecified atom stereocenters. The van der Waals surface area contributed by atoms with Crippen LogP contribution in [0.4, 0.5) is 26.3 Å². The summed E-state index contributed by atoms with van der Waals surface area (Å²) in [5.41, 5.74) is -1.84. The molecule has 1 aliphatic rings. The van der Waals surface area contributed by atoms with Gasteiger partial charge in [-0.1, -0.05) is 30.3 Å². The van der Waals surface area contributed by atoms with Crippen molar-refractivity contribution < 1.29 is 35.9 Å². The van der Waals surface area contributed by atoms with Crippen LogP contribution in [-0.4, -0.2) is 30.5 Å². The number of nitrogens with zero attached hydrogens (tertiary/aromatic N) is 1. The molecule has 0 spiro atoms. The largest absolute Gasteiger partial charge is 0.504 e. The molecule has 0 saturated carbocycles. The van der Waals surface area contributed by atoms with Crippen LogP contribution in [0.1, 0.15) is 39.9 Å². The van der Waals surface area contributed by atoms with Crippen LogP contribution in [0.25, 0.3) is 0 Å². The summed E-state index contributed by atoms with van der Waals surface area (Å²) in [6.45, 7) is 0.156. The number of amides is 1. The third kappa shape index (κ3) is 5.63. The van der Waals surface area contributed by atoms with E-state index in [9.17, 15) is 31.1 Å². The summed E-state index contributed by atoms with van der Waals surface area (Å²) in [5.74, 6) is -0.862. The quantitative estimate of drug-likeness (QED) is 0.410. The van der Waals surface area contributed by atoms with Gasteiger partial charge in [0.05, 0.1) is 24.5 Å². The number of rotatable bonds is 4. The second-order valence-corrected chi connectivity index (χ2v) is 7.60. The molecule has 0 aromatic heterocycles. The molecule has 1 saturated heterocycles. The molecule has 0 N–H and O–H groups in total. The Kier molecular flexibility index (Phi) is 6.85. The third-order valence-electron chi connectivity index (χ3n) is 5.31. The summed E-state index contributed by atoms with van der Waals surface area (Å²) in [4.78, 5) is 14.5. The minimum absolute atomic E-state index is 0.0217. The summed E-state index contributed by atoms with van der Waals surface area (Å²) < 4.78 is 84.4. The van der Waals surface area contributed by atoms with Gasteiger partial charge in [0.25, 0.3) is 5.91 Å². The van der Waals surface area contributed by atoms with Crippen molar-refractivity contribution in [2.45, 2.75) is 37.7 Å². The van der Waals surface area contributed by atoms with Crippen LogP contribution >= 0.6 is 0 Å². The van der Waals surface area contributed by atoms with Gasteiger partial charge in [0.2, 0.25) is 0 Å². The number of carbonyl (C=O) groups excluding carboxylic acids is 1. The first kappa shape index (κ1) is 23.7. The Morgan fingerprint density at radius 2 is 1.62 bits per heavy atom. The number of carbonyl (C=O) groups is 1. The molecule has 1 amide bonds. The number of halogens is 6. The number of hydrogen-bond donors (Lipinski definition) is 0. The van der Waals surface area contributed by atoms with Crippen LogP contribution in [0, 0.1) is 0 Å². The van der Waals surface area contributed by atoms with E-state index in [1.165, 1.54) is 12.0 Å². The fraction of sp³-hybridized carbons (Fsp3) is 0.348. The molecule has 3 nitrogen and oxygen atoms in total. The SMILES string of the molecule is CO/C=C1/CCN(C(=O)c2cc(C(F)(F)F)cc(C(F)(F)F)c2)C(Cc2ccccc2)C1. The molecular weight excluding hydrogens is 436 g/mol. The van der Waals surface area contributed by atoms with Gasteiger partial charge in [0.15, 0.2) is 0 Å². The highest BCUT2D eigenvalue weighted by Crippen LogP contribution is 2.37. The van der Waals surface area contributed by atoms with E-state index in [0.717, 1.165) is 11.1 Å². The molecule has 0 radical (unpaired) electrons. The maximum atomic E-state index is 13.2. The zero-order valence-corrected chi connectivity index (χ0v) is 17.1. The third-order valence-corrected chi connectivity index (χ3v) is 5.31. The van der Waals surface area contributed by atoms with E-state index in [4.69, 9.17) is 4.74 Å². The summed E-state index contributed by atoms with van der Waals surface area (Å²) in [6, 6.07) is 9.71. The number of methoxy groups -OCH3 is 1. The molecule has 2 aromatic carbocycles. The predicted octanol–water partition coefficient (Wildman–Crippen LogP) is 6.10. The van der Waals surface area contributed by atoms with Gasteiger partial charge in [-0.15, -0.1) is 0 Å². The van der Waals surface area contributed by atoms with Crippen LogP contribution in [-0.2, 0) is 23.5 Å². The first-order valence-corrected chi connectivity index (χ1v) is 9.84. The first-order chi connectivity index (χ1) is 15.0. The number of benzene rings is 2. The van der Waals surface area contributed by atoms with Crippen LogP contribution in [0.5, 0.6) is 0 Å². The molecule has 1 fully saturated rings. The zero-order chi connectivity index (χ0) is 23.5. The maximum Gasteiger partial charge on any atom is 0.416 e. The summed E-state index contributed by atoms with van der Waals surface area (Å²) >= 11 is 0. The summed E-state index contributed by atoms with van der Waals surface area (Å²) in [5, 5.41) is 0. The highest BCUT2D eigenvalue weighted by molar-refractivity contribution is 5.95. The van der Waals surface area contributed by atoms with Gasteiger partial charge in [-0.2, -0.15) is 26.3 Å². The topological polar surface area (TPSA) is 29.5 Å². The lowest BCUT2D eigenvalue weighted by Crippen LogP contribution is -2.45. The summed E-state index contributed by atoms with van der Waals surface area (Å²) in [6.07, 6.45) is -7.26. The Balaban J connectivity index is 1.98. The van der Waals surface area contributed by atoms with Crippen molar-refractivity contribution in [2.24, 2.45) is 0 Å². The normalized spacial score (nSPS) is 18.7. The molecular formula is C23H21F6NO2. The van der Waals surface area contributed by atoms with Crippen LogP contribution in [0.3, 0.4) is 0 Å². The number of alkyl halides is 6. The number of likely N-dealkylation sites (tertiary alicyclic amines) is 1. The van der Waals surface area contributed by atoms with Crippen molar-refractivity contribution in [3.63, 3.8) is 0 Å². The molecule has 3 rings (SSSR count). The Bertz CT molecular complexity index is 950. The van der Waals surface area contributed by atoms with Crippen molar-refractivity contribution in [2.75, 3.05) is 13.7 Å². The number of piperidine rings is 1. The molecule has 0 bridgehead atoms. The van der Waals surface area contributed by atoms with Gasteiger partial charge >= 0.3 is 12.4 Å². The fourth-order valence-corrected chi connectivity index (χ4v) is 3.82. The molecule has 2 aromatic rings. The van der Waals surface area contributed by atoms with Crippen LogP contribution in [0.2, 0.25) is 0 Å². The van der Waals surface area contributed by atoms with Gasteiger partial charge in [0, 0.05) is 18.2 Å². The minimum Gasteiger partial charge on any atom is -0.504 e. The van der Waals surface area contributed by atoms with Crippen molar-refractivity contribution in [1.82, 2.24) is 4.90 Å². The van der Waals surface area contributed by atoms with E-state index in [1.54, 1.807) is 6.26 Å². The molecule has 32 heavy (non-hydrogen) atoms. The zero-order valence-electron chi connectivity index (χ0n) is 17.1. The first-order valence-electron chi connectivity index (χ1n) is 9.84. The molecule has 0 aliphatic carbocycles. The maximum absolute atomic E-state index is 13.2. The lowest BCUT2D eigenvalue weighted by atomic mass is 9.91. The van der Waals surface area contributed by atoms with Crippen molar-refractivity contribution >= 4 is 5.91 Å². The standard InChI is InChI=1S/C23H21F6NO2/c1-32-14-16-7-8-30(20(10-16)9-15-5-3-2-4-6-15)21(31)17-11-18(22(24,25)26)13-19(12-17)23(27,28)29/h2-6,11-14,20H,7-10H2,1H3/b16-14-. The Hall–Kier alpha value is -2.97. The van der Waals surface area contributed by atoms with Gasteiger partial charge in [-0.3, -0.25) is 4.79 Å². The van der Waals surface area contributed by atoms with Crippen LogP contribution < -0.4 is 0 Å². The predicted molar refractivity (Wildman–Crippen MR) is 106 cm³/mol. The molecule has 9 heteroatoms. The van der Waals surface area contributed by atoms with E-state index in [0.29, 0.717) is 31.4 Å². The summed E-state index contributed by atoms with van der Waals surface area (Å²) in [7, 11) is 1.48. The van der Waals surface area contributed by atoms with E-state index < -0.39 is 41.0 Å². The molecule has 1 aliphatic heterocycles. The van der Waals surface area contributed by atoms with E-state index in [2.05, 4.69) is 0 Å². The van der Waals surface area contributed by atoms with E-state index >= 15 is 0 Å². The molecule has 172 valence electrons. The Morgan fingerprint density at radius 1 is 1.03 bits per heavy atom. The highest BCUT2D eigenvalue weighted by atomic mass is 19.4. The van der Waals surface area contributed by atoms with Crippen molar-refractivity contribution in [3.05, 3.63) is 82.6 Å². The second kappa shape index (κ2) is 9.26. The Morgan fingerprint density at radius 3 is 2.16 bits per heavy atom. The van der Waals surface area contributed by atoms with Crippen molar-refractivity contribution in [1.29, 1.82) is 0 Å². The minimum atomic E-state index is -5.02. The monoisotopic (exact) mass is 457 g/mol. The Labute approximate surface area is 181 Å². The van der Waals surface area contributed by atoms with Crippen LogP contribution in [0.15, 0.2) is 60.4 Å². The molecule has 1 heterocycles. The second-order valence-electron chi connectivity index (χ2n) is 7.60. The smallest absolute Gasteiger partial charge is 0.416 e. The van der Waals surface area contributed by atoms with E-state index in [1.807, 2.05) is 30.3 Å². The van der Waals surface area contributed by atoms with Gasteiger partial charge in [-0.25, -0.2) is 0 Å². The van der Waals surface area contributed by atoms with Gasteiger partial charge in [0.1, 0.15) is 0 Å².